The molecule has 5 nitrogen and oxygen atoms in total. The van der Waals surface area contributed by atoms with E-state index in [0.29, 0.717) is 16.3 Å². The summed E-state index contributed by atoms with van der Waals surface area (Å²) in [6.07, 6.45) is 3.54. The summed E-state index contributed by atoms with van der Waals surface area (Å²) in [7, 11) is 0. The van der Waals surface area contributed by atoms with Gasteiger partial charge in [0.1, 0.15) is 0 Å². The molecule has 1 amide bonds. The Morgan fingerprint density at radius 3 is 2.46 bits per heavy atom. The van der Waals surface area contributed by atoms with Crippen molar-refractivity contribution < 1.29 is 9.59 Å². The monoisotopic (exact) mass is 385 g/mol. The molecule has 0 spiro atoms. The fourth-order valence-corrected chi connectivity index (χ4v) is 3.34. The normalized spacial score (nSPS) is 10.5. The third kappa shape index (κ3) is 4.53. The van der Waals surface area contributed by atoms with Crippen LogP contribution in [0.4, 0.5) is 5.69 Å². The molecule has 0 aliphatic heterocycles. The Kier molecular flexibility index (Phi) is 5.75. The molecule has 0 bridgehead atoms. The SMILES string of the molecule is CC(=O)Nc1ccc(C(=O)CSc2nccn2-c2ccc(Cl)cc2)cc1. The first-order valence-corrected chi connectivity index (χ1v) is 9.22. The van der Waals surface area contributed by atoms with Gasteiger partial charge >= 0.3 is 0 Å². The molecule has 2 aromatic carbocycles. The smallest absolute Gasteiger partial charge is 0.221 e. The largest absolute Gasteiger partial charge is 0.326 e. The van der Waals surface area contributed by atoms with Crippen LogP contribution in [-0.2, 0) is 4.79 Å². The molecule has 7 heteroatoms. The van der Waals surface area contributed by atoms with Crippen molar-refractivity contribution in [1.82, 2.24) is 9.55 Å². The van der Waals surface area contributed by atoms with Crippen molar-refractivity contribution in [1.29, 1.82) is 0 Å². The maximum atomic E-state index is 12.4. The summed E-state index contributed by atoms with van der Waals surface area (Å²) in [6.45, 7) is 1.44. The zero-order valence-corrected chi connectivity index (χ0v) is 15.6. The number of benzene rings is 2. The second kappa shape index (κ2) is 8.21. The summed E-state index contributed by atoms with van der Waals surface area (Å²) in [6, 6.07) is 14.3. The van der Waals surface area contributed by atoms with Crippen LogP contribution in [-0.4, -0.2) is 27.0 Å². The van der Waals surface area contributed by atoms with Crippen LogP contribution in [0.3, 0.4) is 0 Å². The molecule has 0 saturated heterocycles. The second-order valence-corrected chi connectivity index (χ2v) is 6.91. The average Bonchev–Trinajstić information content (AvgIpc) is 3.09. The van der Waals surface area contributed by atoms with Crippen molar-refractivity contribution in [2.75, 3.05) is 11.1 Å². The maximum Gasteiger partial charge on any atom is 0.221 e. The van der Waals surface area contributed by atoms with E-state index < -0.39 is 0 Å². The highest BCUT2D eigenvalue weighted by atomic mass is 35.5. The lowest BCUT2D eigenvalue weighted by Gasteiger charge is -2.08. The zero-order chi connectivity index (χ0) is 18.5. The Bertz CT molecular complexity index is 921. The summed E-state index contributed by atoms with van der Waals surface area (Å²) < 4.78 is 1.91. The van der Waals surface area contributed by atoms with Crippen molar-refractivity contribution in [2.45, 2.75) is 12.1 Å². The van der Waals surface area contributed by atoms with Gasteiger partial charge in [0.05, 0.1) is 5.75 Å². The number of nitrogens with zero attached hydrogens (tertiary/aromatic N) is 2. The third-order valence-corrected chi connectivity index (χ3v) is 4.79. The first kappa shape index (κ1) is 18.2. The molecule has 3 aromatic rings. The number of ketones is 1. The van der Waals surface area contributed by atoms with Crippen molar-refractivity contribution in [3.8, 4) is 5.69 Å². The van der Waals surface area contributed by atoms with Gasteiger partial charge in [-0.15, -0.1) is 0 Å². The predicted molar refractivity (Wildman–Crippen MR) is 104 cm³/mol. The number of carbonyl (C=O) groups is 2. The maximum absolute atomic E-state index is 12.4. The zero-order valence-electron chi connectivity index (χ0n) is 14.0. The topological polar surface area (TPSA) is 64.0 Å². The van der Waals surface area contributed by atoms with Crippen molar-refractivity contribution in [3.05, 3.63) is 71.5 Å². The van der Waals surface area contributed by atoms with Crippen molar-refractivity contribution in [3.63, 3.8) is 0 Å². The lowest BCUT2D eigenvalue weighted by Crippen LogP contribution is -2.07. The molecular formula is C19H16ClN3O2S. The number of imidazole rings is 1. The molecular weight excluding hydrogens is 370 g/mol. The van der Waals surface area contributed by atoms with Crippen molar-refractivity contribution in [2.24, 2.45) is 0 Å². The van der Waals surface area contributed by atoms with Gasteiger partial charge in [-0.05, 0) is 48.5 Å². The summed E-state index contributed by atoms with van der Waals surface area (Å²) in [5.74, 6) is 0.119. The molecule has 0 unspecified atom stereocenters. The third-order valence-electron chi connectivity index (χ3n) is 3.57. The number of carbonyl (C=O) groups excluding carboxylic acids is 2. The van der Waals surface area contributed by atoms with E-state index in [1.54, 1.807) is 30.5 Å². The van der Waals surface area contributed by atoms with E-state index in [2.05, 4.69) is 10.3 Å². The molecule has 0 aliphatic carbocycles. The molecule has 0 aliphatic rings. The van der Waals surface area contributed by atoms with Gasteiger partial charge in [-0.2, -0.15) is 0 Å². The summed E-state index contributed by atoms with van der Waals surface area (Å²) >= 11 is 7.29. The number of hydrogen-bond donors (Lipinski definition) is 1. The number of amides is 1. The minimum absolute atomic E-state index is 0.00460. The van der Waals surface area contributed by atoms with Crippen LogP contribution in [0.15, 0.2) is 66.1 Å². The number of thioether (sulfide) groups is 1. The molecule has 1 aromatic heterocycles. The van der Waals surface area contributed by atoms with Gasteiger partial charge in [-0.1, -0.05) is 23.4 Å². The number of Topliss-reactive ketones (excluding diaryl/α,β-unsaturated/α-hetero) is 1. The fourth-order valence-electron chi connectivity index (χ4n) is 2.35. The first-order chi connectivity index (χ1) is 12.5. The molecule has 1 heterocycles. The van der Waals surface area contributed by atoms with Crippen LogP contribution in [0, 0.1) is 0 Å². The molecule has 1 N–H and O–H groups in total. The highest BCUT2D eigenvalue weighted by molar-refractivity contribution is 7.99. The van der Waals surface area contributed by atoms with E-state index in [1.165, 1.54) is 18.7 Å². The molecule has 0 atom stereocenters. The van der Waals surface area contributed by atoms with E-state index in [0.717, 1.165) is 10.8 Å². The predicted octanol–water partition coefficient (Wildman–Crippen LogP) is 4.46. The highest BCUT2D eigenvalue weighted by Gasteiger charge is 2.11. The first-order valence-electron chi connectivity index (χ1n) is 7.86. The van der Waals surface area contributed by atoms with Gasteiger partial charge < -0.3 is 5.32 Å². The summed E-state index contributed by atoms with van der Waals surface area (Å²) in [4.78, 5) is 27.8. The Balaban J connectivity index is 1.66. The van der Waals surface area contributed by atoms with Gasteiger partial charge in [0.2, 0.25) is 5.91 Å². The van der Waals surface area contributed by atoms with Crippen LogP contribution >= 0.6 is 23.4 Å². The Morgan fingerprint density at radius 1 is 1.12 bits per heavy atom. The number of rotatable bonds is 6. The van der Waals surface area contributed by atoms with E-state index in [4.69, 9.17) is 11.6 Å². The van der Waals surface area contributed by atoms with E-state index in [-0.39, 0.29) is 17.4 Å². The molecule has 0 saturated carbocycles. The number of hydrogen-bond acceptors (Lipinski definition) is 4. The minimum Gasteiger partial charge on any atom is -0.326 e. The number of anilines is 1. The Hall–Kier alpha value is -2.57. The number of nitrogens with one attached hydrogen (secondary N) is 1. The molecule has 0 fully saturated rings. The van der Waals surface area contributed by atoms with E-state index in [9.17, 15) is 9.59 Å². The Labute approximate surface area is 160 Å². The number of halogens is 1. The minimum atomic E-state index is -0.145. The summed E-state index contributed by atoms with van der Waals surface area (Å²) in [5, 5.41) is 4.08. The van der Waals surface area contributed by atoms with Crippen molar-refractivity contribution >= 4 is 40.7 Å². The van der Waals surface area contributed by atoms with Gasteiger partial charge in [-0.3, -0.25) is 14.2 Å². The molecule has 132 valence electrons. The lowest BCUT2D eigenvalue weighted by atomic mass is 10.1. The van der Waals surface area contributed by atoms with Crippen LogP contribution in [0.25, 0.3) is 5.69 Å². The Morgan fingerprint density at radius 2 is 1.81 bits per heavy atom. The second-order valence-electron chi connectivity index (χ2n) is 5.53. The molecule has 26 heavy (non-hydrogen) atoms. The van der Waals surface area contributed by atoms with Crippen LogP contribution in [0.1, 0.15) is 17.3 Å². The standard InChI is InChI=1S/C19H16ClN3O2S/c1-13(24)22-16-6-2-14(3-7-16)18(25)12-26-19-21-10-11-23(19)17-8-4-15(20)5-9-17/h2-11H,12H2,1H3,(H,22,24). The van der Waals surface area contributed by atoms with E-state index in [1.807, 2.05) is 35.0 Å². The fraction of sp³-hybridized carbons (Fsp3) is 0.105. The van der Waals surface area contributed by atoms with Gasteiger partial charge in [-0.25, -0.2) is 4.98 Å². The van der Waals surface area contributed by atoms with Crippen LogP contribution in [0.5, 0.6) is 0 Å². The van der Waals surface area contributed by atoms with Gasteiger partial charge in [0, 0.05) is 41.3 Å². The van der Waals surface area contributed by atoms with Crippen LogP contribution < -0.4 is 5.32 Å². The average molecular weight is 386 g/mol. The van der Waals surface area contributed by atoms with Gasteiger partial charge in [0.25, 0.3) is 0 Å². The van der Waals surface area contributed by atoms with Crippen LogP contribution in [0.2, 0.25) is 5.02 Å². The van der Waals surface area contributed by atoms with Gasteiger partial charge in [0.15, 0.2) is 10.9 Å². The lowest BCUT2D eigenvalue weighted by molar-refractivity contribution is -0.114. The quantitative estimate of drug-likeness (QED) is 0.502. The molecule has 3 rings (SSSR count). The highest BCUT2D eigenvalue weighted by Crippen LogP contribution is 2.23. The van der Waals surface area contributed by atoms with E-state index >= 15 is 0 Å². The summed E-state index contributed by atoms with van der Waals surface area (Å²) in [5.41, 5.74) is 2.19. The molecule has 0 radical (unpaired) electrons. The number of aromatic nitrogens is 2.